The maximum absolute atomic E-state index is 11.9. The molecule has 0 spiro atoms. The molecule has 1 N–H and O–H groups in total. The van der Waals surface area contributed by atoms with Crippen LogP contribution in [0.5, 0.6) is 0 Å². The highest BCUT2D eigenvalue weighted by molar-refractivity contribution is 5.98. The number of carbonyl (C=O) groups is 3. The Morgan fingerprint density at radius 3 is 2.70 bits per heavy atom. The third kappa shape index (κ3) is 2.87. The zero-order chi connectivity index (χ0) is 14.5. The van der Waals surface area contributed by atoms with Gasteiger partial charge in [-0.1, -0.05) is 30.3 Å². The summed E-state index contributed by atoms with van der Waals surface area (Å²) < 4.78 is 9.57. The minimum absolute atomic E-state index is 0.0198. The summed E-state index contributed by atoms with van der Waals surface area (Å²) in [4.78, 5) is 35.7. The van der Waals surface area contributed by atoms with Crippen LogP contribution in [0.25, 0.3) is 0 Å². The molecule has 0 unspecified atom stereocenters. The normalized spacial score (nSPS) is 17.6. The van der Waals surface area contributed by atoms with Gasteiger partial charge in [0.05, 0.1) is 13.7 Å². The van der Waals surface area contributed by atoms with Gasteiger partial charge in [0.25, 0.3) is 0 Å². The lowest BCUT2D eigenvalue weighted by Gasteiger charge is -2.18. The van der Waals surface area contributed by atoms with E-state index in [1.807, 2.05) is 18.2 Å². The van der Waals surface area contributed by atoms with Gasteiger partial charge in [-0.15, -0.1) is 0 Å². The Kier molecular flexibility index (Phi) is 4.19. The lowest BCUT2D eigenvalue weighted by Crippen LogP contribution is -2.44. The Bertz CT molecular complexity index is 517. The average Bonchev–Trinajstić information content (AvgIpc) is 2.87. The van der Waals surface area contributed by atoms with Crippen LogP contribution in [0, 0.1) is 0 Å². The summed E-state index contributed by atoms with van der Waals surface area (Å²) in [6.07, 6.45) is -0.876. The standard InChI is InChI=1S/C13H14N2O5/c1-19-11(16)10-7-14-12(17)15(10)13(18)20-8-9-5-3-2-4-6-9/h2-6,10H,7-8H2,1H3,(H,14,17)/t10-/m1/s1. The van der Waals surface area contributed by atoms with Gasteiger partial charge >= 0.3 is 18.1 Å². The number of amides is 3. The lowest BCUT2D eigenvalue weighted by molar-refractivity contribution is -0.144. The van der Waals surface area contributed by atoms with Crippen LogP contribution in [0.15, 0.2) is 30.3 Å². The Hall–Kier alpha value is -2.57. The Morgan fingerprint density at radius 1 is 1.35 bits per heavy atom. The number of imide groups is 1. The Morgan fingerprint density at radius 2 is 2.05 bits per heavy atom. The van der Waals surface area contributed by atoms with Gasteiger partial charge in [-0.25, -0.2) is 19.3 Å². The van der Waals surface area contributed by atoms with Crippen molar-refractivity contribution in [3.63, 3.8) is 0 Å². The van der Waals surface area contributed by atoms with Crippen molar-refractivity contribution < 1.29 is 23.9 Å². The van der Waals surface area contributed by atoms with Crippen LogP contribution in [-0.2, 0) is 20.9 Å². The lowest BCUT2D eigenvalue weighted by atomic mass is 10.2. The second kappa shape index (κ2) is 6.05. The predicted octanol–water partition coefficient (Wildman–Crippen LogP) is 0.890. The molecule has 0 saturated carbocycles. The molecule has 20 heavy (non-hydrogen) atoms. The summed E-state index contributed by atoms with van der Waals surface area (Å²) in [5.74, 6) is -0.667. The Balaban J connectivity index is 2.00. The molecule has 1 aromatic carbocycles. The highest BCUT2D eigenvalue weighted by atomic mass is 16.6. The summed E-state index contributed by atoms with van der Waals surface area (Å²) in [5, 5.41) is 2.40. The van der Waals surface area contributed by atoms with Crippen LogP contribution in [0.4, 0.5) is 9.59 Å². The van der Waals surface area contributed by atoms with Crippen molar-refractivity contribution >= 4 is 18.1 Å². The quantitative estimate of drug-likeness (QED) is 0.830. The number of benzene rings is 1. The van der Waals surface area contributed by atoms with Gasteiger partial charge in [0.15, 0.2) is 6.04 Å². The number of carbonyl (C=O) groups excluding carboxylic acids is 3. The van der Waals surface area contributed by atoms with Crippen molar-refractivity contribution in [2.45, 2.75) is 12.6 Å². The van der Waals surface area contributed by atoms with E-state index < -0.39 is 24.1 Å². The van der Waals surface area contributed by atoms with Crippen LogP contribution in [0.1, 0.15) is 5.56 Å². The highest BCUT2D eigenvalue weighted by Crippen LogP contribution is 2.12. The molecule has 1 aromatic rings. The van der Waals surface area contributed by atoms with Gasteiger partial charge in [0.1, 0.15) is 6.61 Å². The first-order valence-corrected chi connectivity index (χ1v) is 5.99. The van der Waals surface area contributed by atoms with E-state index in [0.29, 0.717) is 0 Å². The molecular weight excluding hydrogens is 264 g/mol. The van der Waals surface area contributed by atoms with Gasteiger partial charge in [0.2, 0.25) is 0 Å². The fourth-order valence-corrected chi connectivity index (χ4v) is 1.83. The van der Waals surface area contributed by atoms with Gasteiger partial charge < -0.3 is 14.8 Å². The molecule has 1 heterocycles. The molecule has 1 aliphatic rings. The molecule has 2 rings (SSSR count). The number of hydrogen-bond donors (Lipinski definition) is 1. The van der Waals surface area contributed by atoms with E-state index in [9.17, 15) is 14.4 Å². The molecule has 1 fully saturated rings. The number of ether oxygens (including phenoxy) is 2. The van der Waals surface area contributed by atoms with Crippen LogP contribution < -0.4 is 5.32 Å². The van der Waals surface area contributed by atoms with Gasteiger partial charge in [-0.3, -0.25) is 0 Å². The summed E-state index contributed by atoms with van der Waals surface area (Å²) >= 11 is 0. The first kappa shape index (κ1) is 13.9. The molecule has 3 amide bonds. The predicted molar refractivity (Wildman–Crippen MR) is 67.7 cm³/mol. The second-order valence-corrected chi connectivity index (χ2v) is 4.14. The molecule has 1 saturated heterocycles. The molecule has 1 aliphatic heterocycles. The van der Waals surface area contributed by atoms with Crippen molar-refractivity contribution in [1.29, 1.82) is 0 Å². The summed E-state index contributed by atoms with van der Waals surface area (Å²) in [6, 6.07) is 7.37. The third-order valence-corrected chi connectivity index (χ3v) is 2.85. The van der Waals surface area contributed by atoms with E-state index in [0.717, 1.165) is 10.5 Å². The first-order chi connectivity index (χ1) is 9.63. The van der Waals surface area contributed by atoms with E-state index in [4.69, 9.17) is 4.74 Å². The smallest absolute Gasteiger partial charge is 0.419 e. The first-order valence-electron chi connectivity index (χ1n) is 5.99. The zero-order valence-electron chi connectivity index (χ0n) is 10.9. The van der Waals surface area contributed by atoms with Gasteiger partial charge in [-0.05, 0) is 5.56 Å². The second-order valence-electron chi connectivity index (χ2n) is 4.14. The number of rotatable bonds is 3. The average molecular weight is 278 g/mol. The number of hydrogen-bond acceptors (Lipinski definition) is 5. The Labute approximate surface area is 115 Å². The monoisotopic (exact) mass is 278 g/mol. The SMILES string of the molecule is COC(=O)[C@H]1CNC(=O)N1C(=O)OCc1ccccc1. The third-order valence-electron chi connectivity index (χ3n) is 2.85. The number of nitrogens with zero attached hydrogens (tertiary/aromatic N) is 1. The molecule has 0 radical (unpaired) electrons. The maximum Gasteiger partial charge on any atom is 0.419 e. The van der Waals surface area contributed by atoms with Crippen LogP contribution in [-0.4, -0.2) is 42.7 Å². The van der Waals surface area contributed by atoms with Crippen LogP contribution >= 0.6 is 0 Å². The number of nitrogens with one attached hydrogen (secondary N) is 1. The fraction of sp³-hybridized carbons (Fsp3) is 0.308. The molecule has 0 aromatic heterocycles. The number of urea groups is 1. The summed E-state index contributed by atoms with van der Waals surface area (Å²) in [7, 11) is 1.19. The fourth-order valence-electron chi connectivity index (χ4n) is 1.83. The molecule has 0 bridgehead atoms. The van der Waals surface area contributed by atoms with E-state index in [-0.39, 0.29) is 13.2 Å². The largest absolute Gasteiger partial charge is 0.467 e. The van der Waals surface area contributed by atoms with Gasteiger partial charge in [-0.2, -0.15) is 0 Å². The molecule has 0 aliphatic carbocycles. The number of methoxy groups -OCH3 is 1. The minimum atomic E-state index is -0.990. The molecular formula is C13H14N2O5. The van der Waals surface area contributed by atoms with E-state index in [1.54, 1.807) is 12.1 Å². The summed E-state index contributed by atoms with van der Waals surface area (Å²) in [5.41, 5.74) is 0.787. The van der Waals surface area contributed by atoms with Gasteiger partial charge in [0, 0.05) is 0 Å². The summed E-state index contributed by atoms with van der Waals surface area (Å²) in [6.45, 7) is 0.0449. The number of esters is 1. The molecule has 106 valence electrons. The van der Waals surface area contributed by atoms with Crippen molar-refractivity contribution in [3.8, 4) is 0 Å². The topological polar surface area (TPSA) is 84.9 Å². The van der Waals surface area contributed by atoms with Crippen LogP contribution in [0.2, 0.25) is 0 Å². The minimum Gasteiger partial charge on any atom is -0.467 e. The zero-order valence-corrected chi connectivity index (χ0v) is 10.9. The molecule has 7 heteroatoms. The molecule has 7 nitrogen and oxygen atoms in total. The van der Waals surface area contributed by atoms with Crippen molar-refractivity contribution in [2.75, 3.05) is 13.7 Å². The maximum atomic E-state index is 11.9. The van der Waals surface area contributed by atoms with E-state index in [1.165, 1.54) is 7.11 Å². The van der Waals surface area contributed by atoms with Crippen molar-refractivity contribution in [2.24, 2.45) is 0 Å². The highest BCUT2D eigenvalue weighted by Gasteiger charge is 2.42. The van der Waals surface area contributed by atoms with Crippen molar-refractivity contribution in [3.05, 3.63) is 35.9 Å². The molecule has 1 atom stereocenters. The van der Waals surface area contributed by atoms with E-state index >= 15 is 0 Å². The van der Waals surface area contributed by atoms with E-state index in [2.05, 4.69) is 10.1 Å². The van der Waals surface area contributed by atoms with Crippen molar-refractivity contribution in [1.82, 2.24) is 10.2 Å². The van der Waals surface area contributed by atoms with Crippen LogP contribution in [0.3, 0.4) is 0 Å².